The zero-order valence-electron chi connectivity index (χ0n) is 62.2. The highest BCUT2D eigenvalue weighted by Crippen LogP contribution is 2.59. The molecule has 35 heteroatoms. The van der Waals surface area contributed by atoms with Crippen molar-refractivity contribution in [3.05, 3.63) is 0 Å². The van der Waals surface area contributed by atoms with Gasteiger partial charge in [-0.1, -0.05) is 103 Å². The van der Waals surface area contributed by atoms with Gasteiger partial charge in [0.05, 0.1) is 13.2 Å². The lowest BCUT2D eigenvalue weighted by atomic mass is 9.50. The summed E-state index contributed by atoms with van der Waals surface area (Å²) in [7, 11) is 0. The van der Waals surface area contributed by atoms with Crippen molar-refractivity contribution in [2.24, 2.45) is 0 Å². The van der Waals surface area contributed by atoms with E-state index in [1.54, 1.807) is 0 Å². The minimum absolute atomic E-state index is 0.0281. The highest BCUT2D eigenvalue weighted by Gasteiger charge is 2.89. The molecule has 0 aromatic heterocycles. The molecule has 0 amide bonds. The van der Waals surface area contributed by atoms with Gasteiger partial charge >= 0.3 is 41.8 Å². The van der Waals surface area contributed by atoms with Crippen LogP contribution in [-0.4, -0.2) is 280 Å². The molecule has 4 aliphatic rings. The molecule has 0 aromatic rings. The molecule has 2 unspecified atom stereocenters. The number of esters is 7. The van der Waals surface area contributed by atoms with Gasteiger partial charge in [-0.05, 0) is 53.7 Å². The van der Waals surface area contributed by atoms with Gasteiger partial charge in [0, 0.05) is 54.2 Å². The van der Waals surface area contributed by atoms with E-state index in [0.29, 0.717) is 47.3 Å². The summed E-state index contributed by atoms with van der Waals surface area (Å²) >= 11 is 1.32. The van der Waals surface area contributed by atoms with Crippen molar-refractivity contribution < 1.29 is 165 Å². The summed E-state index contributed by atoms with van der Waals surface area (Å²) in [5.41, 5.74) is -27.6. The molecule has 4 fully saturated rings. The Morgan fingerprint density at radius 1 is 0.381 bits per heavy atom. The lowest BCUT2D eigenvalue weighted by molar-refractivity contribution is -0.440. The van der Waals surface area contributed by atoms with Crippen LogP contribution in [0, 0.1) is 0 Å². The molecular formula is C70H108O34S. The van der Waals surface area contributed by atoms with Crippen LogP contribution in [-0.2, 0) is 124 Å². The van der Waals surface area contributed by atoms with E-state index < -0.39 is 228 Å². The van der Waals surface area contributed by atoms with Gasteiger partial charge < -0.3 is 102 Å². The van der Waals surface area contributed by atoms with Crippen LogP contribution in [0.25, 0.3) is 0 Å². The molecule has 0 aliphatic carbocycles. The van der Waals surface area contributed by atoms with Crippen molar-refractivity contribution in [1.82, 2.24) is 0 Å². The van der Waals surface area contributed by atoms with Gasteiger partial charge in [-0.3, -0.25) is 62.3 Å². The molecule has 0 spiro atoms. The maximum absolute atomic E-state index is 15.2. The van der Waals surface area contributed by atoms with Gasteiger partial charge in [0.1, 0.15) is 55.4 Å². The predicted octanol–water partition coefficient (Wildman–Crippen LogP) is 0.795. The predicted molar refractivity (Wildman–Crippen MR) is 359 cm³/mol. The van der Waals surface area contributed by atoms with Crippen LogP contribution in [0.3, 0.4) is 0 Å². The Morgan fingerprint density at radius 2 is 0.752 bits per heavy atom. The Balaban J connectivity index is 1.94. The minimum Gasteiger partial charge on any atom is -0.463 e. The summed E-state index contributed by atoms with van der Waals surface area (Å²) in [5.74, 6) is -19.0. The molecule has 34 nitrogen and oxygen atoms in total. The standard InChI is InChI=1S/C70H108O34S/c1-15-16-17-18-19-20-21-22-23-24-25-26-27-28-29-30-32-105-33-31-92-64-66(87,39(5)74)70(91,41(7)76)68(89,60(104-64)52(85)37(3)72)63-65(86,38(4)73)69(90,40(6)75)67(88,59(103-63)51(84)36(2)71)61-57(99-47(13)82)55(97-45(11)80)53(95-43(9)78)49(101-61)35-94-62-58(100-48(14)83)56(98-46(12)81)54(96-44(10)79)50(102-62)34-93-42(8)77/h49-64,84-91H,15-35H2,1-14H3/t49-,50-,51?,52?,53-,54-,55+,56+,57-,58-,59-,60-,61-,62-,63-,64+,65+,66+,67+,68+,69-,70-/m1/s1. The Kier molecular flexibility index (Phi) is 34.8. The number of aliphatic hydroxyl groups excluding tert-OH is 2. The first-order valence-electron chi connectivity index (χ1n) is 35.3. The van der Waals surface area contributed by atoms with Crippen molar-refractivity contribution >= 4 is 88.2 Å². The fourth-order valence-corrected chi connectivity index (χ4v) is 15.2. The molecule has 0 aromatic carbocycles. The van der Waals surface area contributed by atoms with E-state index in [1.165, 1.54) is 76.0 Å². The van der Waals surface area contributed by atoms with E-state index in [2.05, 4.69) is 6.92 Å². The van der Waals surface area contributed by atoms with Crippen LogP contribution < -0.4 is 0 Å². The van der Waals surface area contributed by atoms with Gasteiger partial charge in [0.25, 0.3) is 0 Å². The fourth-order valence-electron chi connectivity index (χ4n) is 14.3. The molecule has 0 bridgehead atoms. The first-order chi connectivity index (χ1) is 49.0. The maximum atomic E-state index is 15.2. The lowest BCUT2D eigenvalue weighted by Gasteiger charge is -2.68. The quantitative estimate of drug-likeness (QED) is 0.0238. The van der Waals surface area contributed by atoms with E-state index >= 15 is 9.59 Å². The molecular weight excluding hydrogens is 1420 g/mol. The molecule has 598 valence electrons. The minimum atomic E-state index is -4.86. The molecule has 0 saturated carbocycles. The van der Waals surface area contributed by atoms with Crippen LogP contribution in [0.2, 0.25) is 0 Å². The second-order valence-corrected chi connectivity index (χ2v) is 28.5. The highest BCUT2D eigenvalue weighted by molar-refractivity contribution is 7.99. The lowest BCUT2D eigenvalue weighted by Crippen LogP contribution is -2.96. The Hall–Kier alpha value is -5.90. The monoisotopic (exact) mass is 1520 g/mol. The zero-order valence-corrected chi connectivity index (χ0v) is 63.0. The van der Waals surface area contributed by atoms with Gasteiger partial charge in [-0.25, -0.2) is 0 Å². The first-order valence-corrected chi connectivity index (χ1v) is 36.5. The number of aliphatic hydroxyl groups is 8. The van der Waals surface area contributed by atoms with Gasteiger partial charge in [-0.2, -0.15) is 11.8 Å². The molecule has 4 aliphatic heterocycles. The van der Waals surface area contributed by atoms with Crippen LogP contribution in [0.15, 0.2) is 0 Å². The maximum Gasteiger partial charge on any atom is 0.303 e. The van der Waals surface area contributed by atoms with Gasteiger partial charge in [0.2, 0.25) is 5.60 Å². The number of carbonyl (C=O) groups is 13. The molecule has 0 radical (unpaired) electrons. The van der Waals surface area contributed by atoms with Crippen molar-refractivity contribution in [2.75, 3.05) is 31.3 Å². The van der Waals surface area contributed by atoms with E-state index in [-0.39, 0.29) is 19.6 Å². The summed E-state index contributed by atoms with van der Waals surface area (Å²) in [6, 6.07) is 0. The Morgan fingerprint density at radius 3 is 1.15 bits per heavy atom. The normalized spacial score (nSPS) is 33.7. The number of hydrogen-bond acceptors (Lipinski definition) is 35. The van der Waals surface area contributed by atoms with Crippen molar-refractivity contribution in [3.63, 3.8) is 0 Å². The summed E-state index contributed by atoms with van der Waals surface area (Å²) in [6.07, 6.45) is -24.4. The molecule has 22 atom stereocenters. The number of thioether (sulfide) groups is 1. The number of carbonyl (C=O) groups excluding carboxylic acids is 13. The second-order valence-electron chi connectivity index (χ2n) is 27.3. The largest absolute Gasteiger partial charge is 0.463 e. The fraction of sp³-hybridized carbons (Fsp3) is 0.814. The first kappa shape index (κ1) is 91.5. The van der Waals surface area contributed by atoms with E-state index in [9.17, 15) is 93.6 Å². The number of Topliss-reactive ketones (excluding diaryl/α,β-unsaturated/α-hetero) is 6. The SMILES string of the molecule is CCCCCCCCCCCCCCCCCCSCCO[C@H]1O[C@H](C(O)C(C)=O)[C@](O)([C@@H]2O[C@H](C(O)C(C)=O)[C@](O)([C@@H]3O[C@H](CO[C@@H]4O[C@H](COC(C)=O)[C@@H](OC(C)=O)[C@H](OC(C)=O)[C@H]4OC(C)=O)[C@@H](OC(C)=O)[C@H](OC(C)=O)[C@H]3OC(C)=O)[C@@](O)(C(C)=O)[C@]2(O)C(C)=O)[C@@](O)(C(C)=O)[C@]1(O)C(C)=O. The van der Waals surface area contributed by atoms with Crippen molar-refractivity contribution in [2.45, 2.75) is 331 Å². The third-order valence-electron chi connectivity index (χ3n) is 19.3. The summed E-state index contributed by atoms with van der Waals surface area (Å²) < 4.78 is 74.7. The van der Waals surface area contributed by atoms with Crippen molar-refractivity contribution in [1.29, 1.82) is 0 Å². The van der Waals surface area contributed by atoms with E-state index in [0.717, 1.165) is 73.1 Å². The number of hydrogen-bond donors (Lipinski definition) is 8. The molecule has 4 heterocycles. The smallest absolute Gasteiger partial charge is 0.303 e. The Bertz CT molecular complexity index is 3050. The van der Waals surface area contributed by atoms with Crippen LogP contribution in [0.1, 0.15) is 200 Å². The topological polar surface area (TPSA) is 504 Å². The summed E-state index contributed by atoms with van der Waals surface area (Å²) in [4.78, 5) is 177. The number of ketones is 6. The summed E-state index contributed by atoms with van der Waals surface area (Å²) in [5, 5.41) is 106. The molecule has 4 rings (SSSR count). The van der Waals surface area contributed by atoms with E-state index in [4.69, 9.17) is 61.6 Å². The van der Waals surface area contributed by atoms with Gasteiger partial charge in [0.15, 0.2) is 112 Å². The van der Waals surface area contributed by atoms with Crippen LogP contribution in [0.4, 0.5) is 0 Å². The van der Waals surface area contributed by atoms with Crippen molar-refractivity contribution in [3.8, 4) is 0 Å². The second kappa shape index (κ2) is 40.0. The average molecular weight is 1530 g/mol. The number of unbranched alkanes of at least 4 members (excludes halogenated alkanes) is 15. The molecule has 4 saturated heterocycles. The average Bonchev–Trinajstić information content (AvgIpc) is 0.653. The molecule has 8 N–H and O–H groups in total. The van der Waals surface area contributed by atoms with Crippen LogP contribution in [0.5, 0.6) is 0 Å². The number of ether oxygens (including phenoxy) is 13. The van der Waals surface area contributed by atoms with Crippen LogP contribution >= 0.6 is 11.8 Å². The van der Waals surface area contributed by atoms with Gasteiger partial charge in [-0.15, -0.1) is 0 Å². The highest BCUT2D eigenvalue weighted by atomic mass is 32.2. The molecule has 105 heavy (non-hydrogen) atoms. The third kappa shape index (κ3) is 20.5. The number of rotatable bonds is 42. The Labute approximate surface area is 613 Å². The summed E-state index contributed by atoms with van der Waals surface area (Å²) in [6.45, 7) is 7.84. The third-order valence-corrected chi connectivity index (χ3v) is 20.3. The zero-order chi connectivity index (χ0) is 79.5. The van der Waals surface area contributed by atoms with E-state index in [1.807, 2.05) is 0 Å².